The maximum absolute atomic E-state index is 12.5. The molecule has 7 nitrogen and oxygen atoms in total. The summed E-state index contributed by atoms with van der Waals surface area (Å²) >= 11 is 0. The number of carbonyl (C=O) groups is 2. The van der Waals surface area contributed by atoms with E-state index >= 15 is 0 Å². The lowest BCUT2D eigenvalue weighted by atomic mass is 9.97. The zero-order chi connectivity index (χ0) is 19.1. The van der Waals surface area contributed by atoms with Crippen LogP contribution in [0, 0.1) is 5.92 Å². The van der Waals surface area contributed by atoms with E-state index in [-0.39, 0.29) is 17.9 Å². The van der Waals surface area contributed by atoms with Crippen LogP contribution in [0.5, 0.6) is 0 Å². The lowest BCUT2D eigenvalue weighted by Gasteiger charge is -2.31. The van der Waals surface area contributed by atoms with Crippen molar-refractivity contribution in [3.8, 4) is 0 Å². The quantitative estimate of drug-likeness (QED) is 0.802. The number of hydrogen-bond donors (Lipinski definition) is 1. The van der Waals surface area contributed by atoms with Gasteiger partial charge < -0.3 is 19.9 Å². The van der Waals surface area contributed by atoms with Crippen molar-refractivity contribution in [3.63, 3.8) is 0 Å². The molecule has 0 unspecified atom stereocenters. The summed E-state index contributed by atoms with van der Waals surface area (Å²) in [6.45, 7) is 5.92. The van der Waals surface area contributed by atoms with Crippen LogP contribution in [0.15, 0.2) is 18.3 Å². The van der Waals surface area contributed by atoms with Crippen molar-refractivity contribution in [1.29, 1.82) is 0 Å². The molecule has 0 radical (unpaired) electrons. The lowest BCUT2D eigenvalue weighted by Crippen LogP contribution is -2.45. The van der Waals surface area contributed by atoms with E-state index in [1.807, 2.05) is 25.3 Å². The molecule has 2 aliphatic rings. The zero-order valence-electron chi connectivity index (χ0n) is 16.2. The third-order valence-corrected chi connectivity index (χ3v) is 5.36. The third-order valence-electron chi connectivity index (χ3n) is 5.36. The van der Waals surface area contributed by atoms with Gasteiger partial charge >= 0.3 is 12.0 Å². The first-order valence-electron chi connectivity index (χ1n) is 10.1. The molecule has 2 amide bonds. The molecule has 0 aliphatic carbocycles. The fraction of sp³-hybridized carbons (Fsp3) is 0.650. The van der Waals surface area contributed by atoms with Crippen LogP contribution in [-0.4, -0.2) is 54.7 Å². The molecule has 0 atom stereocenters. The van der Waals surface area contributed by atoms with Crippen molar-refractivity contribution in [1.82, 2.24) is 15.2 Å². The second-order valence-corrected chi connectivity index (χ2v) is 7.21. The van der Waals surface area contributed by atoms with Gasteiger partial charge in [-0.05, 0) is 45.1 Å². The first kappa shape index (κ1) is 19.5. The van der Waals surface area contributed by atoms with E-state index in [9.17, 15) is 9.59 Å². The number of nitrogens with one attached hydrogen (secondary N) is 1. The van der Waals surface area contributed by atoms with Gasteiger partial charge in [0.05, 0.1) is 12.5 Å². The van der Waals surface area contributed by atoms with Gasteiger partial charge in [-0.2, -0.15) is 0 Å². The fourth-order valence-electron chi connectivity index (χ4n) is 3.82. The Labute approximate surface area is 161 Å². The number of hydrogen-bond acceptors (Lipinski definition) is 5. The van der Waals surface area contributed by atoms with Gasteiger partial charge in [-0.25, -0.2) is 9.78 Å². The number of amides is 2. The number of ether oxygens (including phenoxy) is 1. The van der Waals surface area contributed by atoms with Crippen LogP contribution in [0.4, 0.5) is 10.6 Å². The molecule has 27 heavy (non-hydrogen) atoms. The molecule has 2 aliphatic heterocycles. The molecule has 2 saturated heterocycles. The highest BCUT2D eigenvalue weighted by Gasteiger charge is 2.28. The number of pyridine rings is 1. The second-order valence-electron chi connectivity index (χ2n) is 7.21. The molecule has 3 rings (SSSR count). The predicted octanol–water partition coefficient (Wildman–Crippen LogP) is 2.56. The summed E-state index contributed by atoms with van der Waals surface area (Å²) in [6.07, 6.45) is 6.80. The SMILES string of the molecule is CCOC(=O)C1CCN(C(=O)NCc2cccnc2N2CCCCC2)CC1. The number of anilines is 1. The molecule has 1 N–H and O–H groups in total. The highest BCUT2D eigenvalue weighted by Crippen LogP contribution is 2.22. The topological polar surface area (TPSA) is 74.8 Å². The van der Waals surface area contributed by atoms with E-state index in [2.05, 4.69) is 15.2 Å². The van der Waals surface area contributed by atoms with Crippen molar-refractivity contribution in [2.45, 2.75) is 45.6 Å². The maximum atomic E-state index is 12.5. The largest absolute Gasteiger partial charge is 0.466 e. The van der Waals surface area contributed by atoms with Crippen LogP contribution < -0.4 is 10.2 Å². The highest BCUT2D eigenvalue weighted by atomic mass is 16.5. The van der Waals surface area contributed by atoms with Gasteiger partial charge in [0.1, 0.15) is 5.82 Å². The van der Waals surface area contributed by atoms with Crippen LogP contribution in [0.3, 0.4) is 0 Å². The van der Waals surface area contributed by atoms with E-state index in [1.54, 1.807) is 4.90 Å². The Balaban J connectivity index is 1.51. The number of rotatable bonds is 5. The molecule has 7 heteroatoms. The molecule has 0 spiro atoms. The van der Waals surface area contributed by atoms with Crippen LogP contribution >= 0.6 is 0 Å². The summed E-state index contributed by atoms with van der Waals surface area (Å²) in [6, 6.07) is 3.87. The Morgan fingerprint density at radius 2 is 1.93 bits per heavy atom. The molecule has 1 aromatic heterocycles. The van der Waals surface area contributed by atoms with Gasteiger partial charge in [-0.3, -0.25) is 4.79 Å². The fourth-order valence-corrected chi connectivity index (χ4v) is 3.82. The Bertz CT molecular complexity index is 638. The molecule has 3 heterocycles. The molecule has 1 aromatic rings. The van der Waals surface area contributed by atoms with Crippen LogP contribution in [0.2, 0.25) is 0 Å². The van der Waals surface area contributed by atoms with Gasteiger partial charge in [0.15, 0.2) is 0 Å². The molecule has 0 saturated carbocycles. The van der Waals surface area contributed by atoms with Crippen molar-refractivity contribution >= 4 is 17.8 Å². The number of urea groups is 1. The second kappa shape index (κ2) is 9.58. The summed E-state index contributed by atoms with van der Waals surface area (Å²) in [4.78, 5) is 33.0. The van der Waals surface area contributed by atoms with Crippen molar-refractivity contribution in [2.24, 2.45) is 5.92 Å². The van der Waals surface area contributed by atoms with Gasteiger partial charge in [-0.15, -0.1) is 0 Å². The Morgan fingerprint density at radius 1 is 1.19 bits per heavy atom. The van der Waals surface area contributed by atoms with Crippen LogP contribution in [0.1, 0.15) is 44.6 Å². The molecular formula is C20H30N4O3. The van der Waals surface area contributed by atoms with E-state index < -0.39 is 0 Å². The van der Waals surface area contributed by atoms with Crippen molar-refractivity contribution < 1.29 is 14.3 Å². The van der Waals surface area contributed by atoms with E-state index in [1.165, 1.54) is 19.3 Å². The third kappa shape index (κ3) is 5.11. The number of nitrogens with zero attached hydrogens (tertiary/aromatic N) is 3. The minimum atomic E-state index is -0.140. The Morgan fingerprint density at radius 3 is 2.63 bits per heavy atom. The average molecular weight is 374 g/mol. The molecule has 0 bridgehead atoms. The first-order chi connectivity index (χ1) is 13.2. The molecular weight excluding hydrogens is 344 g/mol. The molecule has 2 fully saturated rings. The van der Waals surface area contributed by atoms with Gasteiger partial charge in [-0.1, -0.05) is 6.07 Å². The minimum absolute atomic E-state index is 0.0780. The van der Waals surface area contributed by atoms with Crippen molar-refractivity contribution in [2.75, 3.05) is 37.7 Å². The lowest BCUT2D eigenvalue weighted by molar-refractivity contribution is -0.149. The normalized spacial score (nSPS) is 18.3. The summed E-state index contributed by atoms with van der Waals surface area (Å²) in [5, 5.41) is 3.02. The average Bonchev–Trinajstić information content (AvgIpc) is 2.73. The van der Waals surface area contributed by atoms with Crippen LogP contribution in [-0.2, 0) is 16.1 Å². The summed E-state index contributed by atoms with van der Waals surface area (Å²) in [5.41, 5.74) is 1.05. The first-order valence-corrected chi connectivity index (χ1v) is 10.1. The number of piperidine rings is 2. The van der Waals surface area contributed by atoms with Crippen LogP contribution in [0.25, 0.3) is 0 Å². The number of carbonyl (C=O) groups excluding carboxylic acids is 2. The van der Waals surface area contributed by atoms with Gasteiger partial charge in [0, 0.05) is 44.5 Å². The summed E-state index contributed by atoms with van der Waals surface area (Å²) < 4.78 is 5.08. The Kier molecular flexibility index (Phi) is 6.90. The molecule has 148 valence electrons. The number of aromatic nitrogens is 1. The Hall–Kier alpha value is -2.31. The summed E-state index contributed by atoms with van der Waals surface area (Å²) in [7, 11) is 0. The van der Waals surface area contributed by atoms with E-state index in [0.717, 1.165) is 24.5 Å². The van der Waals surface area contributed by atoms with Crippen molar-refractivity contribution in [3.05, 3.63) is 23.9 Å². The number of esters is 1. The predicted molar refractivity (Wildman–Crippen MR) is 103 cm³/mol. The van der Waals surface area contributed by atoms with E-state index in [0.29, 0.717) is 39.1 Å². The minimum Gasteiger partial charge on any atom is -0.466 e. The van der Waals surface area contributed by atoms with Gasteiger partial charge in [0.2, 0.25) is 0 Å². The maximum Gasteiger partial charge on any atom is 0.317 e. The molecule has 0 aromatic carbocycles. The standard InChI is InChI=1S/C20H30N4O3/c1-2-27-19(25)16-8-13-24(14-9-16)20(26)22-15-17-7-6-10-21-18(17)23-11-4-3-5-12-23/h6-7,10,16H,2-5,8-9,11-15H2,1H3,(H,22,26). The number of likely N-dealkylation sites (tertiary alicyclic amines) is 1. The van der Waals surface area contributed by atoms with Gasteiger partial charge in [0.25, 0.3) is 0 Å². The smallest absolute Gasteiger partial charge is 0.317 e. The highest BCUT2D eigenvalue weighted by molar-refractivity contribution is 5.76. The van der Waals surface area contributed by atoms with E-state index in [4.69, 9.17) is 4.74 Å². The summed E-state index contributed by atoms with van der Waals surface area (Å²) in [5.74, 6) is 0.760. The zero-order valence-corrected chi connectivity index (χ0v) is 16.2. The monoisotopic (exact) mass is 374 g/mol.